The van der Waals surface area contributed by atoms with Gasteiger partial charge in [-0.3, -0.25) is 9.97 Å². The Hall–Kier alpha value is -7.20. The molecule has 4 aromatic heterocycles. The van der Waals surface area contributed by atoms with Crippen LogP contribution in [0.4, 0.5) is 0 Å². The number of fused-ring (bicyclic) bond motifs is 6. The summed E-state index contributed by atoms with van der Waals surface area (Å²) in [6, 6.07) is 73.8. The van der Waals surface area contributed by atoms with E-state index >= 15 is 0 Å². The van der Waals surface area contributed by atoms with E-state index in [0.717, 1.165) is 114 Å². The summed E-state index contributed by atoms with van der Waals surface area (Å²) in [5, 5.41) is 15.6. The summed E-state index contributed by atoms with van der Waals surface area (Å²) in [6.07, 6.45) is 3.80. The molecule has 0 atom stereocenters. The van der Waals surface area contributed by atoms with Crippen LogP contribution in [0.2, 0.25) is 0 Å². The van der Waals surface area contributed by atoms with Crippen molar-refractivity contribution < 1.29 is 0 Å². The molecule has 0 amide bonds. The van der Waals surface area contributed by atoms with Gasteiger partial charge in [-0.05, 0) is 29.8 Å². The Morgan fingerprint density at radius 2 is 0.879 bits per heavy atom. The Kier molecular flexibility index (Phi) is 10.2. The van der Waals surface area contributed by atoms with Crippen LogP contribution in [-0.4, -0.2) is 44.9 Å². The maximum atomic E-state index is 11.1. The summed E-state index contributed by atoms with van der Waals surface area (Å²) >= 11 is 3.06. The van der Waals surface area contributed by atoms with Gasteiger partial charge < -0.3 is 0 Å². The summed E-state index contributed by atoms with van der Waals surface area (Å²) in [6.45, 7) is 0. The monoisotopic (exact) mass is 1150 g/mol. The molecule has 0 aliphatic carbocycles. The topological polar surface area (TPSA) is 59.4 Å². The second-order valence-electron chi connectivity index (χ2n) is 16.5. The van der Waals surface area contributed by atoms with Crippen molar-refractivity contribution in [2.24, 2.45) is 0 Å². The van der Waals surface area contributed by atoms with Gasteiger partial charge in [0.05, 0.1) is 11.4 Å². The first-order valence-corrected chi connectivity index (χ1v) is 25.1. The average molecular weight is 1150 g/mol. The quantitative estimate of drug-likeness (QED) is 0.118. The number of nitriles is 1. The van der Waals surface area contributed by atoms with E-state index in [-0.39, 0.29) is 0 Å². The number of rotatable bonds is 7. The van der Waals surface area contributed by atoms with Crippen molar-refractivity contribution in [1.82, 2.24) is 19.1 Å². The molecule has 5 nitrogen and oxygen atoms in total. The van der Waals surface area contributed by atoms with E-state index < -0.39 is 0 Å². The molecule has 0 N–H and O–H groups in total. The van der Waals surface area contributed by atoms with Crippen LogP contribution in [0.1, 0.15) is 5.56 Å². The second-order valence-corrected chi connectivity index (χ2v) is 20.4. The molecule has 4 heterocycles. The number of hydrogen-bond acceptors (Lipinski definition) is 3. The van der Waals surface area contributed by atoms with E-state index in [1.54, 1.807) is 0 Å². The predicted molar refractivity (Wildman–Crippen MR) is 281 cm³/mol. The van der Waals surface area contributed by atoms with Gasteiger partial charge in [-0.15, -0.1) is 0 Å². The standard InChI is InChI=1S/C59H35IN5.Tl/c60-46-17-11-16-44(30-46)49-36-59(65-55-21-10-8-19-48(55)51-32-41(23-25-57(51)65)43-27-29-63-53(34-43)39-14-5-2-6-15-39)58(35-45(49)37-61)64-54-20-9-7-18-47(54)50-31-40(22-24-56(50)64)42-26-28-62-52(33-42)38-12-3-1-4-13-38;/h1-10,12-36H;. The van der Waals surface area contributed by atoms with Crippen molar-refractivity contribution in [3.05, 3.63) is 222 Å². The number of para-hydroxylation sites is 2. The molecule has 0 saturated heterocycles. The Labute approximate surface area is 411 Å². The van der Waals surface area contributed by atoms with Gasteiger partial charge >= 0.3 is 279 Å². The summed E-state index contributed by atoms with van der Waals surface area (Å²) in [5.74, 6) is 0. The first-order valence-electron chi connectivity index (χ1n) is 21.7. The van der Waals surface area contributed by atoms with E-state index in [1.807, 2.05) is 36.7 Å². The molecular formula is C59H35IN5Tl. The molecule has 0 aliphatic heterocycles. The zero-order valence-electron chi connectivity index (χ0n) is 35.4. The summed E-state index contributed by atoms with van der Waals surface area (Å²) in [5.41, 5.74) is 17.3. The van der Waals surface area contributed by atoms with Gasteiger partial charge in [0.1, 0.15) is 0 Å². The van der Waals surface area contributed by atoms with Crippen molar-refractivity contribution in [2.75, 3.05) is 0 Å². The molecule has 7 heteroatoms. The molecule has 8 aromatic carbocycles. The maximum absolute atomic E-state index is 11.1. The number of benzene rings is 8. The van der Waals surface area contributed by atoms with Crippen LogP contribution >= 0.6 is 22.6 Å². The van der Waals surface area contributed by atoms with Crippen molar-refractivity contribution in [2.45, 2.75) is 0 Å². The van der Waals surface area contributed by atoms with Crippen LogP contribution in [0, 0.1) is 14.9 Å². The summed E-state index contributed by atoms with van der Waals surface area (Å²) in [4.78, 5) is 9.46. The first kappa shape index (κ1) is 40.3. The van der Waals surface area contributed by atoms with E-state index in [2.05, 4.69) is 214 Å². The van der Waals surface area contributed by atoms with E-state index in [0.29, 0.717) is 31.3 Å². The van der Waals surface area contributed by atoms with Crippen molar-refractivity contribution in [3.63, 3.8) is 0 Å². The Bertz CT molecular complexity index is 3900. The fraction of sp³-hybridized carbons (Fsp3) is 0. The molecule has 0 spiro atoms. The van der Waals surface area contributed by atoms with Crippen LogP contribution in [-0.2, 0) is 0 Å². The molecule has 0 radical (unpaired) electrons. The Morgan fingerprint density at radius 1 is 0.409 bits per heavy atom. The predicted octanol–water partition coefficient (Wildman–Crippen LogP) is 14.3. The zero-order chi connectivity index (χ0) is 44.3. The molecule has 0 saturated carbocycles. The molecule has 0 aliphatic rings. The second kappa shape index (κ2) is 16.7. The number of nitrogens with zero attached hydrogens (tertiary/aromatic N) is 5. The number of hydrogen-bond donors (Lipinski definition) is 0. The third-order valence-electron chi connectivity index (χ3n) is 12.6. The minimum absolute atomic E-state index is 0.628. The van der Waals surface area contributed by atoms with Crippen molar-refractivity contribution >= 4 is 95.1 Å². The van der Waals surface area contributed by atoms with Gasteiger partial charge in [0.2, 0.25) is 0 Å². The number of pyridine rings is 2. The third kappa shape index (κ3) is 7.01. The van der Waals surface area contributed by atoms with Crippen LogP contribution < -0.4 is 3.12 Å². The van der Waals surface area contributed by atoms with Crippen LogP contribution in [0.25, 0.3) is 111 Å². The van der Waals surface area contributed by atoms with Crippen molar-refractivity contribution in [3.8, 4) is 73.3 Å². The van der Waals surface area contributed by atoms with Crippen molar-refractivity contribution in [1.29, 1.82) is 5.26 Å². The number of aromatic nitrogens is 4. The molecule has 0 fully saturated rings. The average Bonchev–Trinajstić information content (AvgIpc) is 3.88. The Morgan fingerprint density at radius 3 is 1.39 bits per heavy atom. The fourth-order valence-electron chi connectivity index (χ4n) is 9.61. The van der Waals surface area contributed by atoms with Crippen LogP contribution in [0.3, 0.4) is 0 Å². The van der Waals surface area contributed by atoms with E-state index in [1.165, 1.54) is 3.12 Å². The summed E-state index contributed by atoms with van der Waals surface area (Å²) in [7, 11) is 0. The Balaban J connectivity index is 1.11. The van der Waals surface area contributed by atoms with Gasteiger partial charge in [0, 0.05) is 23.5 Å². The van der Waals surface area contributed by atoms with Crippen LogP contribution in [0.15, 0.2) is 213 Å². The van der Waals surface area contributed by atoms with Gasteiger partial charge in [-0.1, -0.05) is 60.7 Å². The van der Waals surface area contributed by atoms with Gasteiger partial charge in [-0.25, -0.2) is 0 Å². The normalized spacial score (nSPS) is 11.4. The molecule has 306 valence electrons. The first-order chi connectivity index (χ1) is 32.5. The van der Waals surface area contributed by atoms with Gasteiger partial charge in [0.25, 0.3) is 0 Å². The molecule has 0 unspecified atom stereocenters. The molecule has 0 bridgehead atoms. The SMILES string of the molecule is N#Cc1cc(-n2c3ccccc3c3cc(-c4ccnc(-c5ccccc5)c4)ccc32)c(-n2c3ccccc3c3cc(-c4ccnc(-c5ccccc5)c4)ccc32)cc1-c1cc(I)c[c]([Tl])c1. The van der Waals surface area contributed by atoms with Gasteiger partial charge in [0.15, 0.2) is 0 Å². The molecule has 66 heavy (non-hydrogen) atoms. The third-order valence-corrected chi connectivity index (χ3v) is 14.5. The summed E-state index contributed by atoms with van der Waals surface area (Å²) < 4.78 is 7.24. The molecule has 12 rings (SSSR count). The molecule has 12 aromatic rings. The minimum atomic E-state index is 0.628. The van der Waals surface area contributed by atoms with E-state index in [9.17, 15) is 5.26 Å². The van der Waals surface area contributed by atoms with Gasteiger partial charge in [-0.2, -0.15) is 0 Å². The fourth-order valence-corrected chi connectivity index (χ4v) is 13.0. The zero-order valence-corrected chi connectivity index (χ0v) is 42.0. The number of halogens is 1. The molecular weight excluding hydrogens is 1110 g/mol. The van der Waals surface area contributed by atoms with Crippen LogP contribution in [0.5, 0.6) is 0 Å². The van der Waals surface area contributed by atoms with E-state index in [4.69, 9.17) is 9.97 Å².